The summed E-state index contributed by atoms with van der Waals surface area (Å²) in [4.78, 5) is 0. The predicted molar refractivity (Wildman–Crippen MR) is 86.4 cm³/mol. The Kier molecular flexibility index (Phi) is 6.05. The molecule has 5 nitrogen and oxygen atoms in total. The SMILES string of the molecule is CCNCC1CCCCN1S(=O)(=O)N1C(C)CCC1CC. The molecule has 6 heteroatoms. The van der Waals surface area contributed by atoms with Crippen LogP contribution in [0.15, 0.2) is 0 Å². The van der Waals surface area contributed by atoms with E-state index in [0.717, 1.165) is 51.6 Å². The Morgan fingerprint density at radius 3 is 2.52 bits per heavy atom. The Bertz CT molecular complexity index is 427. The van der Waals surface area contributed by atoms with Gasteiger partial charge in [0.25, 0.3) is 10.2 Å². The number of nitrogens with zero attached hydrogens (tertiary/aromatic N) is 2. The maximum Gasteiger partial charge on any atom is 0.282 e. The number of hydrogen-bond acceptors (Lipinski definition) is 3. The lowest BCUT2D eigenvalue weighted by molar-refractivity contribution is 0.213. The first-order chi connectivity index (χ1) is 10.0. The van der Waals surface area contributed by atoms with Gasteiger partial charge in [-0.2, -0.15) is 17.0 Å². The lowest BCUT2D eigenvalue weighted by Crippen LogP contribution is -2.55. The van der Waals surface area contributed by atoms with Crippen molar-refractivity contribution in [1.29, 1.82) is 0 Å². The van der Waals surface area contributed by atoms with Crippen LogP contribution in [0.25, 0.3) is 0 Å². The van der Waals surface area contributed by atoms with E-state index in [1.165, 1.54) is 0 Å². The average Bonchev–Trinajstić information content (AvgIpc) is 2.87. The Morgan fingerprint density at radius 2 is 1.86 bits per heavy atom. The van der Waals surface area contributed by atoms with Gasteiger partial charge in [-0.3, -0.25) is 0 Å². The molecule has 2 aliphatic heterocycles. The van der Waals surface area contributed by atoms with E-state index in [1.54, 1.807) is 8.61 Å². The lowest BCUT2D eigenvalue weighted by Gasteiger charge is -2.39. The lowest BCUT2D eigenvalue weighted by atomic mass is 10.1. The summed E-state index contributed by atoms with van der Waals surface area (Å²) in [6.45, 7) is 8.56. The highest BCUT2D eigenvalue weighted by atomic mass is 32.2. The van der Waals surface area contributed by atoms with Crippen LogP contribution >= 0.6 is 0 Å². The minimum atomic E-state index is -3.33. The van der Waals surface area contributed by atoms with Crippen LogP contribution in [-0.2, 0) is 10.2 Å². The van der Waals surface area contributed by atoms with E-state index in [1.807, 2.05) is 0 Å². The van der Waals surface area contributed by atoms with Crippen molar-refractivity contribution < 1.29 is 8.42 Å². The van der Waals surface area contributed by atoms with Gasteiger partial charge in [0.1, 0.15) is 0 Å². The molecule has 0 aromatic carbocycles. The maximum atomic E-state index is 13.2. The Balaban J connectivity index is 2.19. The number of piperidine rings is 1. The summed E-state index contributed by atoms with van der Waals surface area (Å²) in [5.41, 5.74) is 0. The van der Waals surface area contributed by atoms with Crippen molar-refractivity contribution in [1.82, 2.24) is 13.9 Å². The molecule has 0 radical (unpaired) electrons. The third-order valence-electron chi connectivity index (χ3n) is 4.95. The summed E-state index contributed by atoms with van der Waals surface area (Å²) in [7, 11) is -3.33. The van der Waals surface area contributed by atoms with Crippen LogP contribution in [0.4, 0.5) is 0 Å². The molecule has 1 N–H and O–H groups in total. The smallest absolute Gasteiger partial charge is 0.282 e. The van der Waals surface area contributed by atoms with Gasteiger partial charge in [0.15, 0.2) is 0 Å². The quantitative estimate of drug-likeness (QED) is 0.815. The molecule has 2 fully saturated rings. The standard InChI is InChI=1S/C15H31N3O2S/c1-4-14-10-9-13(3)18(14)21(19,20)17-11-7-6-8-15(17)12-16-5-2/h13-16H,4-12H2,1-3H3. The predicted octanol–water partition coefficient (Wildman–Crippen LogP) is 1.96. The van der Waals surface area contributed by atoms with Crippen LogP contribution in [0.3, 0.4) is 0 Å². The second-order valence-electron chi connectivity index (χ2n) is 6.39. The molecular weight excluding hydrogens is 286 g/mol. The summed E-state index contributed by atoms with van der Waals surface area (Å²) in [5.74, 6) is 0. The van der Waals surface area contributed by atoms with Gasteiger partial charge in [-0.05, 0) is 45.6 Å². The molecule has 2 heterocycles. The summed E-state index contributed by atoms with van der Waals surface area (Å²) in [6, 6.07) is 0.447. The number of rotatable bonds is 6. The van der Waals surface area contributed by atoms with E-state index in [9.17, 15) is 8.42 Å². The molecule has 0 bridgehead atoms. The molecule has 3 atom stereocenters. The molecular formula is C15H31N3O2S. The third kappa shape index (κ3) is 3.60. The second kappa shape index (κ2) is 7.40. The largest absolute Gasteiger partial charge is 0.315 e. The van der Waals surface area contributed by atoms with Crippen LogP contribution in [-0.4, -0.2) is 54.8 Å². The first-order valence-electron chi connectivity index (χ1n) is 8.53. The van der Waals surface area contributed by atoms with E-state index >= 15 is 0 Å². The molecule has 0 amide bonds. The molecule has 21 heavy (non-hydrogen) atoms. The van der Waals surface area contributed by atoms with Gasteiger partial charge in [0.05, 0.1) is 0 Å². The van der Waals surface area contributed by atoms with E-state index in [0.29, 0.717) is 6.54 Å². The van der Waals surface area contributed by atoms with Gasteiger partial charge in [0.2, 0.25) is 0 Å². The minimum absolute atomic E-state index is 0.119. The zero-order chi connectivity index (χ0) is 15.5. The first-order valence-corrected chi connectivity index (χ1v) is 9.93. The molecule has 0 aromatic heterocycles. The fourth-order valence-electron chi connectivity index (χ4n) is 3.76. The summed E-state index contributed by atoms with van der Waals surface area (Å²) in [6.07, 6.45) is 6.00. The third-order valence-corrected chi connectivity index (χ3v) is 7.21. The molecule has 0 aromatic rings. The fraction of sp³-hybridized carbons (Fsp3) is 1.00. The van der Waals surface area contributed by atoms with E-state index < -0.39 is 10.2 Å². The van der Waals surface area contributed by atoms with Gasteiger partial charge in [-0.25, -0.2) is 0 Å². The van der Waals surface area contributed by atoms with Crippen molar-refractivity contribution in [2.45, 2.75) is 77.4 Å². The summed E-state index contributed by atoms with van der Waals surface area (Å²) in [5, 5.41) is 3.32. The molecule has 3 unspecified atom stereocenters. The van der Waals surface area contributed by atoms with Gasteiger partial charge in [-0.15, -0.1) is 0 Å². The van der Waals surface area contributed by atoms with Crippen LogP contribution in [0.1, 0.15) is 59.3 Å². The minimum Gasteiger partial charge on any atom is -0.315 e. The van der Waals surface area contributed by atoms with Crippen molar-refractivity contribution in [3.8, 4) is 0 Å². The second-order valence-corrected chi connectivity index (χ2v) is 8.18. The zero-order valence-electron chi connectivity index (χ0n) is 13.7. The Morgan fingerprint density at radius 1 is 1.10 bits per heavy atom. The number of nitrogens with one attached hydrogen (secondary N) is 1. The molecule has 124 valence electrons. The van der Waals surface area contributed by atoms with Crippen LogP contribution in [0, 0.1) is 0 Å². The molecule has 2 rings (SSSR count). The molecule has 2 aliphatic rings. The van der Waals surface area contributed by atoms with Crippen LogP contribution in [0.2, 0.25) is 0 Å². The van der Waals surface area contributed by atoms with Crippen molar-refractivity contribution in [3.05, 3.63) is 0 Å². The van der Waals surface area contributed by atoms with E-state index in [2.05, 4.69) is 26.1 Å². The molecule has 0 spiro atoms. The number of likely N-dealkylation sites (N-methyl/N-ethyl adjacent to an activating group) is 1. The van der Waals surface area contributed by atoms with Crippen molar-refractivity contribution in [3.63, 3.8) is 0 Å². The molecule has 2 saturated heterocycles. The molecule has 0 aliphatic carbocycles. The monoisotopic (exact) mass is 317 g/mol. The summed E-state index contributed by atoms with van der Waals surface area (Å²) < 4.78 is 29.9. The van der Waals surface area contributed by atoms with E-state index in [4.69, 9.17) is 0 Å². The first kappa shape index (κ1) is 17.2. The van der Waals surface area contributed by atoms with Gasteiger partial charge < -0.3 is 5.32 Å². The van der Waals surface area contributed by atoms with Crippen LogP contribution in [0.5, 0.6) is 0 Å². The highest BCUT2D eigenvalue weighted by Gasteiger charge is 2.44. The number of hydrogen-bond donors (Lipinski definition) is 1. The van der Waals surface area contributed by atoms with Gasteiger partial charge in [0, 0.05) is 31.2 Å². The van der Waals surface area contributed by atoms with Crippen molar-refractivity contribution in [2.24, 2.45) is 0 Å². The highest BCUT2D eigenvalue weighted by Crippen LogP contribution is 2.33. The zero-order valence-corrected chi connectivity index (χ0v) is 14.5. The fourth-order valence-corrected chi connectivity index (χ4v) is 6.11. The van der Waals surface area contributed by atoms with Gasteiger partial charge in [-0.1, -0.05) is 20.3 Å². The average molecular weight is 317 g/mol. The Labute approximate surface area is 130 Å². The topological polar surface area (TPSA) is 52.7 Å². The normalized spacial score (nSPS) is 32.6. The van der Waals surface area contributed by atoms with Gasteiger partial charge >= 0.3 is 0 Å². The summed E-state index contributed by atoms with van der Waals surface area (Å²) >= 11 is 0. The molecule has 0 saturated carbocycles. The van der Waals surface area contributed by atoms with E-state index in [-0.39, 0.29) is 18.1 Å². The highest BCUT2D eigenvalue weighted by molar-refractivity contribution is 7.86. The Hall–Kier alpha value is -0.170. The van der Waals surface area contributed by atoms with Crippen molar-refractivity contribution >= 4 is 10.2 Å². The maximum absolute atomic E-state index is 13.2. The van der Waals surface area contributed by atoms with Crippen LogP contribution < -0.4 is 5.32 Å². The van der Waals surface area contributed by atoms with Crippen molar-refractivity contribution in [2.75, 3.05) is 19.6 Å².